The first-order valence-corrected chi connectivity index (χ1v) is 8.95. The molecule has 0 aliphatic heterocycles. The molecule has 0 amide bonds. The topological polar surface area (TPSA) is 65.9 Å². The summed E-state index contributed by atoms with van der Waals surface area (Å²) in [6.45, 7) is 14.2. The molecule has 6 heteroatoms. The van der Waals surface area contributed by atoms with Crippen molar-refractivity contribution in [1.82, 2.24) is 10.6 Å². The Bertz CT molecular complexity index is 551. The zero-order valence-electron chi connectivity index (χ0n) is 17.2. The Morgan fingerprint density at radius 2 is 1.69 bits per heavy atom. The monoisotopic (exact) mass is 477 g/mol. The van der Waals surface area contributed by atoms with E-state index in [2.05, 4.69) is 48.5 Å². The van der Waals surface area contributed by atoms with E-state index in [1.165, 1.54) is 5.56 Å². The van der Waals surface area contributed by atoms with Crippen molar-refractivity contribution in [2.45, 2.75) is 58.7 Å². The van der Waals surface area contributed by atoms with Gasteiger partial charge in [0.25, 0.3) is 0 Å². The average molecular weight is 477 g/mol. The van der Waals surface area contributed by atoms with Gasteiger partial charge in [0.05, 0.1) is 18.2 Å². The molecule has 0 spiro atoms. The molecule has 0 saturated heterocycles. The lowest BCUT2D eigenvalue weighted by Crippen LogP contribution is -2.40. The number of rotatable bonds is 7. The molecule has 0 aliphatic carbocycles. The third-order valence-electron chi connectivity index (χ3n) is 4.14. The van der Waals surface area contributed by atoms with Crippen LogP contribution in [0.4, 0.5) is 0 Å². The number of aliphatic imine (C=N–C) groups is 1. The number of halogens is 1. The third kappa shape index (κ3) is 8.68. The number of hydrogen-bond donors (Lipinski definition) is 3. The van der Waals surface area contributed by atoms with Crippen LogP contribution < -0.4 is 10.6 Å². The van der Waals surface area contributed by atoms with Crippen LogP contribution >= 0.6 is 24.0 Å². The van der Waals surface area contributed by atoms with Gasteiger partial charge in [-0.2, -0.15) is 0 Å². The number of guanidine groups is 1. The number of nitrogens with one attached hydrogen (secondary N) is 2. The van der Waals surface area contributed by atoms with Crippen molar-refractivity contribution in [2.75, 3.05) is 26.7 Å². The molecule has 0 aromatic heterocycles. The van der Waals surface area contributed by atoms with E-state index < -0.39 is 6.10 Å². The minimum atomic E-state index is -0.590. The van der Waals surface area contributed by atoms with Crippen molar-refractivity contribution in [3.63, 3.8) is 0 Å². The van der Waals surface area contributed by atoms with E-state index in [0.717, 1.165) is 12.1 Å². The molecule has 150 valence electrons. The molecule has 0 heterocycles. The first-order chi connectivity index (χ1) is 11.6. The number of aliphatic hydroxyl groups excluding tert-OH is 1. The predicted octanol–water partition coefficient (Wildman–Crippen LogP) is 3.62. The van der Waals surface area contributed by atoms with Gasteiger partial charge in [-0.15, -0.1) is 24.0 Å². The second-order valence-electron chi connectivity index (χ2n) is 7.93. The van der Waals surface area contributed by atoms with E-state index in [1.807, 2.05) is 32.9 Å². The summed E-state index contributed by atoms with van der Waals surface area (Å²) in [6.07, 6.45) is -0.590. The zero-order valence-corrected chi connectivity index (χ0v) is 19.5. The molecule has 0 aliphatic rings. The number of nitrogens with zero attached hydrogens (tertiary/aromatic N) is 1. The number of ether oxygens (including phenoxy) is 1. The van der Waals surface area contributed by atoms with Crippen molar-refractivity contribution in [3.05, 3.63) is 35.4 Å². The molecular formula is C20H36IN3O2. The van der Waals surface area contributed by atoms with Crippen LogP contribution in [0, 0.1) is 0 Å². The first-order valence-electron chi connectivity index (χ1n) is 8.95. The molecule has 0 fully saturated rings. The Hall–Kier alpha value is -0.860. The molecule has 1 atom stereocenters. The Balaban J connectivity index is 0.00000625. The van der Waals surface area contributed by atoms with Gasteiger partial charge >= 0.3 is 0 Å². The fourth-order valence-corrected chi connectivity index (χ4v) is 2.19. The molecular weight excluding hydrogens is 441 g/mol. The second-order valence-corrected chi connectivity index (χ2v) is 7.93. The Morgan fingerprint density at radius 1 is 1.12 bits per heavy atom. The van der Waals surface area contributed by atoms with Gasteiger partial charge in [-0.1, -0.05) is 45.0 Å². The van der Waals surface area contributed by atoms with Gasteiger partial charge in [0, 0.05) is 20.2 Å². The fourth-order valence-electron chi connectivity index (χ4n) is 2.19. The van der Waals surface area contributed by atoms with E-state index >= 15 is 0 Å². The summed E-state index contributed by atoms with van der Waals surface area (Å²) >= 11 is 0. The molecule has 1 unspecified atom stereocenters. The van der Waals surface area contributed by atoms with Gasteiger partial charge in [0.1, 0.15) is 0 Å². The highest BCUT2D eigenvalue weighted by molar-refractivity contribution is 14.0. The van der Waals surface area contributed by atoms with Crippen molar-refractivity contribution in [2.24, 2.45) is 4.99 Å². The first kappa shape index (κ1) is 25.1. The predicted molar refractivity (Wildman–Crippen MR) is 121 cm³/mol. The number of aliphatic hydroxyl groups is 1. The average Bonchev–Trinajstić information content (AvgIpc) is 2.56. The number of methoxy groups -OCH3 is 1. The third-order valence-corrected chi connectivity index (χ3v) is 4.14. The lowest BCUT2D eigenvalue weighted by molar-refractivity contribution is 0.0310. The Labute approximate surface area is 176 Å². The summed E-state index contributed by atoms with van der Waals surface area (Å²) in [5.74, 6) is 0.679. The summed E-state index contributed by atoms with van der Waals surface area (Å²) < 4.78 is 5.39. The van der Waals surface area contributed by atoms with E-state index in [9.17, 15) is 5.11 Å². The number of benzene rings is 1. The smallest absolute Gasteiger partial charge is 0.191 e. The molecule has 1 aromatic rings. The molecule has 26 heavy (non-hydrogen) atoms. The van der Waals surface area contributed by atoms with Gasteiger partial charge in [-0.25, -0.2) is 0 Å². The SMILES string of the molecule is CCNC(=NCC(C)(C)OC)NCC(O)c1ccc(C(C)(C)C)cc1.I. The van der Waals surface area contributed by atoms with Crippen LogP contribution in [0.25, 0.3) is 0 Å². The minimum absolute atomic E-state index is 0. The highest BCUT2D eigenvalue weighted by atomic mass is 127. The molecule has 1 rings (SSSR count). The van der Waals surface area contributed by atoms with E-state index in [-0.39, 0.29) is 35.0 Å². The molecule has 0 bridgehead atoms. The normalized spacial score (nSPS) is 13.8. The Kier molecular flexibility index (Phi) is 10.7. The molecule has 1 aromatic carbocycles. The standard InChI is InChI=1S/C20H35N3O2.HI/c1-8-21-18(23-14-20(5,6)25-7)22-13-17(24)15-9-11-16(12-10-15)19(2,3)4;/h9-12,17,24H,8,13-14H2,1-7H3,(H2,21,22,23);1H. The zero-order chi connectivity index (χ0) is 19.1. The molecule has 0 radical (unpaired) electrons. The largest absolute Gasteiger partial charge is 0.387 e. The van der Waals surface area contributed by atoms with Crippen molar-refractivity contribution < 1.29 is 9.84 Å². The van der Waals surface area contributed by atoms with Crippen molar-refractivity contribution >= 4 is 29.9 Å². The maximum Gasteiger partial charge on any atom is 0.191 e. The van der Waals surface area contributed by atoms with Crippen LogP contribution in [0.2, 0.25) is 0 Å². The van der Waals surface area contributed by atoms with Gasteiger partial charge in [-0.3, -0.25) is 4.99 Å². The Morgan fingerprint density at radius 3 is 2.15 bits per heavy atom. The quantitative estimate of drug-likeness (QED) is 0.319. The summed E-state index contributed by atoms with van der Waals surface area (Å²) in [6, 6.07) is 8.15. The van der Waals surface area contributed by atoms with Gasteiger partial charge in [0.2, 0.25) is 0 Å². The van der Waals surface area contributed by atoms with Crippen LogP contribution in [0.3, 0.4) is 0 Å². The van der Waals surface area contributed by atoms with Crippen LogP contribution in [0.5, 0.6) is 0 Å². The maximum absolute atomic E-state index is 10.4. The molecule has 5 nitrogen and oxygen atoms in total. The van der Waals surface area contributed by atoms with Crippen LogP contribution in [-0.2, 0) is 10.2 Å². The lowest BCUT2D eigenvalue weighted by atomic mass is 9.86. The highest BCUT2D eigenvalue weighted by Crippen LogP contribution is 2.23. The molecule has 3 N–H and O–H groups in total. The second kappa shape index (κ2) is 11.1. The van der Waals surface area contributed by atoms with Crippen LogP contribution in [0.15, 0.2) is 29.3 Å². The summed E-state index contributed by atoms with van der Waals surface area (Å²) in [5.41, 5.74) is 1.95. The summed E-state index contributed by atoms with van der Waals surface area (Å²) in [4.78, 5) is 4.53. The van der Waals surface area contributed by atoms with Gasteiger partial charge in [0.15, 0.2) is 5.96 Å². The van der Waals surface area contributed by atoms with E-state index in [0.29, 0.717) is 19.0 Å². The molecule has 0 saturated carbocycles. The van der Waals surface area contributed by atoms with Gasteiger partial charge in [-0.05, 0) is 37.3 Å². The maximum atomic E-state index is 10.4. The summed E-state index contributed by atoms with van der Waals surface area (Å²) in [7, 11) is 1.68. The fraction of sp³-hybridized carbons (Fsp3) is 0.650. The van der Waals surface area contributed by atoms with Crippen molar-refractivity contribution in [3.8, 4) is 0 Å². The lowest BCUT2D eigenvalue weighted by Gasteiger charge is -2.22. The van der Waals surface area contributed by atoms with Crippen molar-refractivity contribution in [1.29, 1.82) is 0 Å². The van der Waals surface area contributed by atoms with Gasteiger partial charge < -0.3 is 20.5 Å². The minimum Gasteiger partial charge on any atom is -0.387 e. The summed E-state index contributed by atoms with van der Waals surface area (Å²) in [5, 5.41) is 16.8. The van der Waals surface area contributed by atoms with Crippen LogP contribution in [0.1, 0.15) is 58.8 Å². The number of hydrogen-bond acceptors (Lipinski definition) is 3. The van der Waals surface area contributed by atoms with E-state index in [1.54, 1.807) is 7.11 Å². The van der Waals surface area contributed by atoms with Crippen LogP contribution in [-0.4, -0.2) is 43.4 Å². The van der Waals surface area contributed by atoms with E-state index in [4.69, 9.17) is 4.74 Å². The highest BCUT2D eigenvalue weighted by Gasteiger charge is 2.17.